The number of esters is 1. The van der Waals surface area contributed by atoms with Crippen LogP contribution in [0.5, 0.6) is 0 Å². The van der Waals surface area contributed by atoms with E-state index in [1.807, 2.05) is 49.4 Å². The van der Waals surface area contributed by atoms with Crippen molar-refractivity contribution < 1.29 is 19.1 Å². The molecular weight excluding hydrogens is 270 g/mol. The topological polar surface area (TPSA) is 64.6 Å². The lowest BCUT2D eigenvalue weighted by Gasteiger charge is -2.16. The van der Waals surface area contributed by atoms with Crippen LogP contribution in [-0.4, -0.2) is 25.2 Å². The molecule has 1 rings (SSSR count). The maximum absolute atomic E-state index is 11.8. The molecule has 1 amide bonds. The minimum Gasteiger partial charge on any atom is -0.469 e. The number of benzene rings is 1. The van der Waals surface area contributed by atoms with Gasteiger partial charge in [-0.3, -0.25) is 4.79 Å². The molecule has 114 valence electrons. The first kappa shape index (κ1) is 16.8. The maximum atomic E-state index is 11.8. The molecule has 0 aliphatic rings. The number of hydrogen-bond donors (Lipinski definition) is 1. The van der Waals surface area contributed by atoms with E-state index >= 15 is 0 Å². The monoisotopic (exact) mass is 291 g/mol. The van der Waals surface area contributed by atoms with E-state index in [4.69, 9.17) is 4.74 Å². The second-order valence-corrected chi connectivity index (χ2v) is 4.49. The fraction of sp³-hybridized carbons (Fsp3) is 0.375. The van der Waals surface area contributed by atoms with Gasteiger partial charge in [0.1, 0.15) is 6.61 Å². The minimum atomic E-state index is -0.544. The summed E-state index contributed by atoms with van der Waals surface area (Å²) in [7, 11) is 1.32. The number of rotatable bonds is 7. The molecular formula is C16H21NO4. The van der Waals surface area contributed by atoms with Crippen LogP contribution in [0, 0.1) is 0 Å². The molecule has 0 saturated carbocycles. The molecule has 5 nitrogen and oxygen atoms in total. The Labute approximate surface area is 124 Å². The Balaban J connectivity index is 2.45. The Morgan fingerprint density at radius 1 is 1.29 bits per heavy atom. The van der Waals surface area contributed by atoms with E-state index < -0.39 is 6.09 Å². The summed E-state index contributed by atoms with van der Waals surface area (Å²) in [6.07, 6.45) is 3.86. The fourth-order valence-corrected chi connectivity index (χ4v) is 1.71. The van der Waals surface area contributed by atoms with Crippen molar-refractivity contribution in [2.24, 2.45) is 0 Å². The number of ether oxygens (including phenoxy) is 2. The summed E-state index contributed by atoms with van der Waals surface area (Å²) in [6, 6.07) is 9.06. The highest BCUT2D eigenvalue weighted by Gasteiger charge is 2.16. The largest absolute Gasteiger partial charge is 0.469 e. The third kappa shape index (κ3) is 7.15. The molecule has 1 N–H and O–H groups in total. The van der Waals surface area contributed by atoms with Crippen LogP contribution in [0.2, 0.25) is 0 Å². The van der Waals surface area contributed by atoms with Gasteiger partial charge in [-0.1, -0.05) is 42.5 Å². The lowest BCUT2D eigenvalue weighted by atomic mass is 10.1. The van der Waals surface area contributed by atoms with Crippen LogP contribution in [0.3, 0.4) is 0 Å². The Kier molecular flexibility index (Phi) is 7.64. The molecule has 21 heavy (non-hydrogen) atoms. The number of allylic oxidation sites excluding steroid dienone is 1. The molecule has 0 saturated heterocycles. The smallest absolute Gasteiger partial charge is 0.407 e. The van der Waals surface area contributed by atoms with Gasteiger partial charge in [0.2, 0.25) is 0 Å². The van der Waals surface area contributed by atoms with Crippen LogP contribution in [0.15, 0.2) is 42.5 Å². The van der Waals surface area contributed by atoms with Crippen molar-refractivity contribution in [3.63, 3.8) is 0 Å². The first-order chi connectivity index (χ1) is 10.2. The fourth-order valence-electron chi connectivity index (χ4n) is 1.71. The summed E-state index contributed by atoms with van der Waals surface area (Å²) in [6.45, 7) is 2.07. The third-order valence-corrected chi connectivity index (χ3v) is 2.83. The quantitative estimate of drug-likeness (QED) is 0.619. The van der Waals surface area contributed by atoms with Gasteiger partial charge >= 0.3 is 12.1 Å². The van der Waals surface area contributed by atoms with Crippen LogP contribution >= 0.6 is 0 Å². The van der Waals surface area contributed by atoms with Crippen LogP contribution in [0.1, 0.15) is 25.3 Å². The summed E-state index contributed by atoms with van der Waals surface area (Å²) >= 11 is 0. The van der Waals surface area contributed by atoms with E-state index in [1.165, 1.54) is 7.11 Å². The van der Waals surface area contributed by atoms with E-state index in [0.717, 1.165) is 5.56 Å². The lowest BCUT2D eigenvalue weighted by Crippen LogP contribution is -2.36. The van der Waals surface area contributed by atoms with E-state index in [1.54, 1.807) is 0 Å². The second-order valence-electron chi connectivity index (χ2n) is 4.49. The van der Waals surface area contributed by atoms with Crippen LogP contribution in [0.25, 0.3) is 0 Å². The zero-order chi connectivity index (χ0) is 15.5. The minimum absolute atomic E-state index is 0.112. The second kappa shape index (κ2) is 9.58. The molecule has 0 radical (unpaired) electrons. The number of methoxy groups -OCH3 is 1. The molecule has 0 aliphatic heterocycles. The zero-order valence-corrected chi connectivity index (χ0v) is 12.4. The molecule has 0 fully saturated rings. The van der Waals surface area contributed by atoms with Gasteiger partial charge in [0.25, 0.3) is 0 Å². The number of carbonyl (C=O) groups is 2. The Morgan fingerprint density at radius 3 is 2.62 bits per heavy atom. The summed E-state index contributed by atoms with van der Waals surface area (Å²) in [4.78, 5) is 23.1. The van der Waals surface area contributed by atoms with Crippen molar-refractivity contribution >= 4 is 12.1 Å². The predicted octanol–water partition coefficient (Wildman–Crippen LogP) is 2.81. The number of hydrogen-bond acceptors (Lipinski definition) is 4. The number of nitrogens with one attached hydrogen (secondary N) is 1. The average Bonchev–Trinajstić information content (AvgIpc) is 2.51. The summed E-state index contributed by atoms with van der Waals surface area (Å²) in [5.74, 6) is -0.368. The predicted molar refractivity (Wildman–Crippen MR) is 79.6 cm³/mol. The van der Waals surface area contributed by atoms with Crippen molar-refractivity contribution in [1.29, 1.82) is 0 Å². The molecule has 1 aromatic rings. The summed E-state index contributed by atoms with van der Waals surface area (Å²) in [5.41, 5.74) is 0.908. The Morgan fingerprint density at radius 2 is 2.00 bits per heavy atom. The number of carbonyl (C=O) groups excluding carboxylic acids is 2. The number of amides is 1. The average molecular weight is 291 g/mol. The van der Waals surface area contributed by atoms with Gasteiger partial charge in [-0.2, -0.15) is 0 Å². The molecule has 0 spiro atoms. The van der Waals surface area contributed by atoms with Gasteiger partial charge in [-0.25, -0.2) is 4.79 Å². The molecule has 0 bridgehead atoms. The third-order valence-electron chi connectivity index (χ3n) is 2.83. The molecule has 0 aromatic heterocycles. The standard InChI is InChI=1S/C16H21NO4/c1-3-4-10-14(11-15(18)20-2)17-16(19)21-12-13-8-6-5-7-9-13/h3-9,14H,10-12H2,1-2H3,(H,17,19)/b4-3+. The van der Waals surface area contributed by atoms with Gasteiger partial charge in [0, 0.05) is 6.04 Å². The first-order valence-electron chi connectivity index (χ1n) is 6.81. The molecule has 0 heterocycles. The highest BCUT2D eigenvalue weighted by molar-refractivity contribution is 5.72. The highest BCUT2D eigenvalue weighted by Crippen LogP contribution is 2.04. The van der Waals surface area contributed by atoms with Gasteiger partial charge in [0.05, 0.1) is 13.5 Å². The first-order valence-corrected chi connectivity index (χ1v) is 6.81. The molecule has 1 unspecified atom stereocenters. The van der Waals surface area contributed by atoms with Crippen molar-refractivity contribution in [2.75, 3.05) is 7.11 Å². The van der Waals surface area contributed by atoms with E-state index in [2.05, 4.69) is 10.1 Å². The Hall–Kier alpha value is -2.30. The van der Waals surface area contributed by atoms with E-state index in [0.29, 0.717) is 6.42 Å². The van der Waals surface area contributed by atoms with Crippen molar-refractivity contribution in [3.8, 4) is 0 Å². The number of alkyl carbamates (subject to hydrolysis) is 1. The van der Waals surface area contributed by atoms with Gasteiger partial charge in [-0.15, -0.1) is 0 Å². The normalized spacial score (nSPS) is 11.9. The van der Waals surface area contributed by atoms with Gasteiger partial charge < -0.3 is 14.8 Å². The Bertz CT molecular complexity index is 470. The maximum Gasteiger partial charge on any atom is 0.407 e. The van der Waals surface area contributed by atoms with Gasteiger partial charge in [0.15, 0.2) is 0 Å². The lowest BCUT2D eigenvalue weighted by molar-refractivity contribution is -0.141. The SMILES string of the molecule is C/C=C/CC(CC(=O)OC)NC(=O)OCc1ccccc1. The summed E-state index contributed by atoms with van der Waals surface area (Å²) < 4.78 is 9.74. The van der Waals surface area contributed by atoms with Crippen LogP contribution in [0.4, 0.5) is 4.79 Å². The van der Waals surface area contributed by atoms with Crippen molar-refractivity contribution in [1.82, 2.24) is 5.32 Å². The van der Waals surface area contributed by atoms with Crippen LogP contribution < -0.4 is 5.32 Å². The highest BCUT2D eigenvalue weighted by atomic mass is 16.5. The van der Waals surface area contributed by atoms with Crippen LogP contribution in [-0.2, 0) is 20.9 Å². The van der Waals surface area contributed by atoms with Crippen molar-refractivity contribution in [2.45, 2.75) is 32.4 Å². The summed E-state index contributed by atoms with van der Waals surface area (Å²) in [5, 5.41) is 2.67. The molecule has 1 atom stereocenters. The van der Waals surface area contributed by atoms with Gasteiger partial charge in [-0.05, 0) is 18.9 Å². The zero-order valence-electron chi connectivity index (χ0n) is 12.4. The molecule has 1 aromatic carbocycles. The van der Waals surface area contributed by atoms with E-state index in [-0.39, 0.29) is 25.0 Å². The van der Waals surface area contributed by atoms with Crippen molar-refractivity contribution in [3.05, 3.63) is 48.0 Å². The molecule has 0 aliphatic carbocycles. The van der Waals surface area contributed by atoms with E-state index in [9.17, 15) is 9.59 Å². The molecule has 5 heteroatoms.